The summed E-state index contributed by atoms with van der Waals surface area (Å²) >= 11 is 0. The summed E-state index contributed by atoms with van der Waals surface area (Å²) in [5.41, 5.74) is 4.91. The van der Waals surface area contributed by atoms with Gasteiger partial charge in [0, 0.05) is 10.6 Å². The molecule has 3 N–H and O–H groups in total. The average Bonchev–Trinajstić information content (AvgIpc) is 2.49. The van der Waals surface area contributed by atoms with Crippen molar-refractivity contribution in [2.24, 2.45) is 17.6 Å². The number of nitrogens with two attached hydrogens (primary N) is 1. The van der Waals surface area contributed by atoms with E-state index in [1.54, 1.807) is 0 Å². The van der Waals surface area contributed by atoms with Crippen LogP contribution in [-0.4, -0.2) is 37.5 Å². The van der Waals surface area contributed by atoms with E-state index in [9.17, 15) is 4.57 Å². The minimum absolute atomic E-state index is 0.0813. The standard InChI is InChI=1S/C10H19BNO4P/c1-7-8(2)10(4-3-5-12,16-9(7)11)6-15-17(13)14/h7-9H,3-6,12H2,1-2H3/p+1/t7-,8?,9+,10+/m0/s1. The first-order valence-electron chi connectivity index (χ1n) is 5.85. The fourth-order valence-corrected chi connectivity index (χ4v) is 2.67. The van der Waals surface area contributed by atoms with Crippen molar-refractivity contribution in [3.8, 4) is 0 Å². The minimum atomic E-state index is -2.61. The van der Waals surface area contributed by atoms with Crippen LogP contribution in [0.2, 0.25) is 0 Å². The SMILES string of the molecule is [B][C@@H]1O[C@](CCCN)(CO[P+](=O)O)C(C)[C@@H]1C. The molecule has 1 aliphatic heterocycles. The zero-order valence-electron chi connectivity index (χ0n) is 10.3. The lowest BCUT2D eigenvalue weighted by atomic mass is 9.76. The number of rotatable bonds is 6. The lowest BCUT2D eigenvalue weighted by molar-refractivity contribution is -0.0684. The van der Waals surface area contributed by atoms with E-state index in [2.05, 4.69) is 0 Å². The highest BCUT2D eigenvalue weighted by Gasteiger charge is 2.50. The maximum Gasteiger partial charge on any atom is 0.694 e. The van der Waals surface area contributed by atoms with Crippen molar-refractivity contribution in [2.45, 2.75) is 38.3 Å². The molecule has 1 rings (SSSR count). The molecule has 0 aromatic rings. The first kappa shape index (κ1) is 15.1. The Bertz CT molecular complexity index is 281. The molecule has 96 valence electrons. The average molecular weight is 260 g/mol. The van der Waals surface area contributed by atoms with Gasteiger partial charge in [0.2, 0.25) is 0 Å². The molecule has 2 unspecified atom stereocenters. The zero-order valence-corrected chi connectivity index (χ0v) is 11.2. The molecule has 1 aliphatic rings. The van der Waals surface area contributed by atoms with Crippen LogP contribution in [0.1, 0.15) is 26.7 Å². The van der Waals surface area contributed by atoms with Gasteiger partial charge in [-0.05, 0) is 31.2 Å². The van der Waals surface area contributed by atoms with Gasteiger partial charge in [0.25, 0.3) is 0 Å². The molecule has 0 amide bonds. The third-order valence-electron chi connectivity index (χ3n) is 3.73. The van der Waals surface area contributed by atoms with Gasteiger partial charge in [-0.15, -0.1) is 9.42 Å². The highest BCUT2D eigenvalue weighted by Crippen LogP contribution is 2.43. The van der Waals surface area contributed by atoms with Crippen LogP contribution in [0.5, 0.6) is 0 Å². The van der Waals surface area contributed by atoms with Crippen molar-refractivity contribution in [3.05, 3.63) is 0 Å². The fraction of sp³-hybridized carbons (Fsp3) is 1.00. The summed E-state index contributed by atoms with van der Waals surface area (Å²) < 4.78 is 21.3. The van der Waals surface area contributed by atoms with Gasteiger partial charge in [0.15, 0.2) is 0 Å². The fourth-order valence-electron chi connectivity index (χ4n) is 2.34. The Kier molecular flexibility index (Phi) is 5.54. The third-order valence-corrected chi connectivity index (χ3v) is 4.08. The molecule has 0 bridgehead atoms. The van der Waals surface area contributed by atoms with Gasteiger partial charge in [0.05, 0.1) is 5.60 Å². The summed E-state index contributed by atoms with van der Waals surface area (Å²) in [6.45, 7) is 4.67. The topological polar surface area (TPSA) is 81.8 Å². The van der Waals surface area contributed by atoms with E-state index >= 15 is 0 Å². The van der Waals surface area contributed by atoms with Crippen LogP contribution in [0.25, 0.3) is 0 Å². The van der Waals surface area contributed by atoms with E-state index in [0.717, 1.165) is 6.42 Å². The number of ether oxygens (including phenoxy) is 1. The summed E-state index contributed by atoms with van der Waals surface area (Å²) in [4.78, 5) is 8.75. The van der Waals surface area contributed by atoms with E-state index < -0.39 is 13.9 Å². The second-order valence-corrected chi connectivity index (χ2v) is 5.43. The Morgan fingerprint density at radius 3 is 2.65 bits per heavy atom. The smallest absolute Gasteiger partial charge is 0.378 e. The van der Waals surface area contributed by atoms with Crippen LogP contribution in [0.3, 0.4) is 0 Å². The van der Waals surface area contributed by atoms with Crippen LogP contribution in [0.4, 0.5) is 0 Å². The van der Waals surface area contributed by atoms with Gasteiger partial charge in [-0.1, -0.05) is 13.8 Å². The van der Waals surface area contributed by atoms with E-state index in [-0.39, 0.29) is 24.4 Å². The molecule has 0 spiro atoms. The van der Waals surface area contributed by atoms with Crippen molar-refractivity contribution in [1.82, 2.24) is 0 Å². The van der Waals surface area contributed by atoms with Crippen LogP contribution in [0.15, 0.2) is 0 Å². The molecule has 1 fully saturated rings. The highest BCUT2D eigenvalue weighted by molar-refractivity contribution is 7.32. The van der Waals surface area contributed by atoms with Gasteiger partial charge in [-0.3, -0.25) is 0 Å². The molecular formula is C10H20BNO4P+. The van der Waals surface area contributed by atoms with Crippen LogP contribution in [-0.2, 0) is 13.8 Å². The largest absolute Gasteiger partial charge is 0.694 e. The van der Waals surface area contributed by atoms with Gasteiger partial charge >= 0.3 is 8.25 Å². The van der Waals surface area contributed by atoms with E-state index in [4.69, 9.17) is 27.7 Å². The highest BCUT2D eigenvalue weighted by atomic mass is 31.1. The molecule has 0 aromatic heterocycles. The predicted molar refractivity (Wildman–Crippen MR) is 65.8 cm³/mol. The Hall–Kier alpha value is 0.00494. The Morgan fingerprint density at radius 1 is 1.59 bits per heavy atom. The molecule has 0 aliphatic carbocycles. The molecule has 17 heavy (non-hydrogen) atoms. The summed E-state index contributed by atoms with van der Waals surface area (Å²) in [6, 6.07) is -0.358. The monoisotopic (exact) mass is 260 g/mol. The number of hydrogen-bond acceptors (Lipinski definition) is 4. The summed E-state index contributed by atoms with van der Waals surface area (Å²) in [5, 5.41) is 0. The third kappa shape index (κ3) is 3.49. The van der Waals surface area contributed by atoms with Crippen LogP contribution in [0, 0.1) is 11.8 Å². The molecule has 5 nitrogen and oxygen atoms in total. The Labute approximate surface area is 104 Å². The van der Waals surface area contributed by atoms with Gasteiger partial charge < -0.3 is 10.5 Å². The Morgan fingerprint density at radius 2 is 2.24 bits per heavy atom. The molecule has 1 heterocycles. The van der Waals surface area contributed by atoms with Gasteiger partial charge in [-0.2, -0.15) is 0 Å². The molecule has 7 heteroatoms. The maximum atomic E-state index is 10.7. The van der Waals surface area contributed by atoms with Gasteiger partial charge in [0.1, 0.15) is 14.5 Å². The first-order chi connectivity index (χ1) is 7.93. The molecular weight excluding hydrogens is 240 g/mol. The quantitative estimate of drug-likeness (QED) is 0.548. The second kappa shape index (κ2) is 6.25. The molecule has 5 atom stereocenters. The predicted octanol–water partition coefficient (Wildman–Crippen LogP) is 0.927. The van der Waals surface area contributed by atoms with Crippen molar-refractivity contribution in [3.63, 3.8) is 0 Å². The molecule has 0 aromatic carbocycles. The summed E-state index contributed by atoms with van der Waals surface area (Å²) in [6.07, 6.45) is 1.46. The second-order valence-electron chi connectivity index (χ2n) is 4.70. The lowest BCUT2D eigenvalue weighted by Gasteiger charge is -2.31. The van der Waals surface area contributed by atoms with E-state index in [1.165, 1.54) is 0 Å². The normalized spacial score (nSPS) is 38.4. The molecule has 1 saturated heterocycles. The van der Waals surface area contributed by atoms with Crippen molar-refractivity contribution in [2.75, 3.05) is 13.2 Å². The van der Waals surface area contributed by atoms with E-state index in [0.29, 0.717) is 13.0 Å². The molecule has 2 radical (unpaired) electrons. The summed E-state index contributed by atoms with van der Waals surface area (Å²) in [7, 11) is 3.26. The van der Waals surface area contributed by atoms with Crippen molar-refractivity contribution in [1.29, 1.82) is 0 Å². The summed E-state index contributed by atoms with van der Waals surface area (Å²) in [5.74, 6) is 0.354. The van der Waals surface area contributed by atoms with Crippen molar-refractivity contribution >= 4 is 16.1 Å². The van der Waals surface area contributed by atoms with E-state index in [1.807, 2.05) is 13.8 Å². The molecule has 0 saturated carbocycles. The Balaban J connectivity index is 2.75. The zero-order chi connectivity index (χ0) is 13.1. The number of hydrogen-bond donors (Lipinski definition) is 2. The van der Waals surface area contributed by atoms with Gasteiger partial charge in [-0.25, -0.2) is 0 Å². The first-order valence-corrected chi connectivity index (χ1v) is 6.98. The minimum Gasteiger partial charge on any atom is -0.378 e. The van der Waals surface area contributed by atoms with Crippen LogP contribution < -0.4 is 5.73 Å². The maximum absolute atomic E-state index is 10.7. The van der Waals surface area contributed by atoms with Crippen LogP contribution >= 0.6 is 8.25 Å². The van der Waals surface area contributed by atoms with Crippen molar-refractivity contribution < 1.29 is 18.7 Å². The lowest BCUT2D eigenvalue weighted by Crippen LogP contribution is -2.40.